The first-order valence-electron chi connectivity index (χ1n) is 10.9. The molecule has 0 aromatic heterocycles. The maximum Gasteiger partial charge on any atom is 0.261 e. The quantitative estimate of drug-likeness (QED) is 0.680. The van der Waals surface area contributed by atoms with Crippen LogP contribution in [-0.4, -0.2) is 45.1 Å². The fourth-order valence-corrected chi connectivity index (χ4v) is 9.57. The molecule has 0 unspecified atom stereocenters. The van der Waals surface area contributed by atoms with Crippen molar-refractivity contribution in [2.75, 3.05) is 6.61 Å². The zero-order valence-electron chi connectivity index (χ0n) is 18.9. The van der Waals surface area contributed by atoms with E-state index in [1.807, 2.05) is 13.8 Å². The molecule has 2 fully saturated rings. The lowest BCUT2D eigenvalue weighted by Crippen LogP contribution is -2.67. The van der Waals surface area contributed by atoms with Gasteiger partial charge in [0.25, 0.3) is 8.32 Å². The zero-order valence-corrected chi connectivity index (χ0v) is 19.9. The predicted molar refractivity (Wildman–Crippen MR) is 122 cm³/mol. The Balaban J connectivity index is 1.69. The van der Waals surface area contributed by atoms with E-state index in [0.717, 1.165) is 0 Å². The molecular formula is C25H34O4Si. The van der Waals surface area contributed by atoms with Crippen LogP contribution in [0, 0.1) is 0 Å². The second-order valence-corrected chi connectivity index (χ2v) is 14.2. The molecule has 4 atom stereocenters. The van der Waals surface area contributed by atoms with E-state index in [4.69, 9.17) is 18.6 Å². The molecule has 2 aromatic rings. The Morgan fingerprint density at radius 2 is 1.37 bits per heavy atom. The summed E-state index contributed by atoms with van der Waals surface area (Å²) in [6.45, 7) is 13.4. The summed E-state index contributed by atoms with van der Waals surface area (Å²) in [6, 6.07) is 21.4. The topological polar surface area (TPSA) is 36.9 Å². The molecule has 2 heterocycles. The summed E-state index contributed by atoms with van der Waals surface area (Å²) in [7, 11) is -2.59. The molecule has 2 saturated heterocycles. The standard InChI is InChI=1S/C25H34O4Si/c1-18-22-23(29-25(5,6)28-22)21(27-18)17-26-30(24(2,3)4,19-13-9-7-10-14-19)20-15-11-8-12-16-20/h7-16,18,21-23H,17H2,1-6H3/t18-,21+,22-,23+/m0/s1. The summed E-state index contributed by atoms with van der Waals surface area (Å²) in [5.74, 6) is -0.580. The molecular weight excluding hydrogens is 392 g/mol. The Bertz CT molecular complexity index is 807. The largest absolute Gasteiger partial charge is 0.405 e. The molecule has 162 valence electrons. The van der Waals surface area contributed by atoms with E-state index < -0.39 is 14.1 Å². The molecule has 4 nitrogen and oxygen atoms in total. The number of hydrogen-bond donors (Lipinski definition) is 0. The predicted octanol–water partition coefficient (Wildman–Crippen LogP) is 3.87. The van der Waals surface area contributed by atoms with Gasteiger partial charge in [-0.3, -0.25) is 0 Å². The van der Waals surface area contributed by atoms with Gasteiger partial charge in [-0.15, -0.1) is 0 Å². The van der Waals surface area contributed by atoms with E-state index in [9.17, 15) is 0 Å². The highest BCUT2D eigenvalue weighted by molar-refractivity contribution is 6.99. The third-order valence-corrected chi connectivity index (χ3v) is 11.3. The molecule has 0 N–H and O–H groups in total. The van der Waals surface area contributed by atoms with Crippen molar-refractivity contribution in [3.63, 3.8) is 0 Å². The molecule has 30 heavy (non-hydrogen) atoms. The normalized spacial score (nSPS) is 28.5. The molecule has 0 aliphatic carbocycles. The average molecular weight is 427 g/mol. The number of hydrogen-bond acceptors (Lipinski definition) is 4. The number of benzene rings is 2. The lowest BCUT2D eigenvalue weighted by molar-refractivity contribution is -0.187. The van der Waals surface area contributed by atoms with Crippen LogP contribution in [0.3, 0.4) is 0 Å². The lowest BCUT2D eigenvalue weighted by atomic mass is 10.1. The first kappa shape index (κ1) is 21.7. The van der Waals surface area contributed by atoms with E-state index in [-0.39, 0.29) is 29.5 Å². The first-order valence-corrected chi connectivity index (χ1v) is 12.8. The van der Waals surface area contributed by atoms with Crippen LogP contribution in [0.25, 0.3) is 0 Å². The van der Waals surface area contributed by atoms with Crippen molar-refractivity contribution in [2.45, 2.75) is 76.8 Å². The molecule has 0 amide bonds. The van der Waals surface area contributed by atoms with Gasteiger partial charge >= 0.3 is 0 Å². The third kappa shape index (κ3) is 3.78. The van der Waals surface area contributed by atoms with E-state index in [1.165, 1.54) is 10.4 Å². The minimum Gasteiger partial charge on any atom is -0.405 e. The summed E-state index contributed by atoms with van der Waals surface area (Å²) in [4.78, 5) is 0. The molecule has 2 aromatic carbocycles. The van der Waals surface area contributed by atoms with Crippen LogP contribution in [0.1, 0.15) is 41.5 Å². The second-order valence-electron chi connectivity index (χ2n) is 9.92. The zero-order chi connectivity index (χ0) is 21.6. The van der Waals surface area contributed by atoms with Crippen LogP contribution in [-0.2, 0) is 18.6 Å². The van der Waals surface area contributed by atoms with Crippen molar-refractivity contribution in [1.82, 2.24) is 0 Å². The molecule has 0 radical (unpaired) electrons. The van der Waals surface area contributed by atoms with E-state index in [0.29, 0.717) is 6.61 Å². The highest BCUT2D eigenvalue weighted by atomic mass is 28.4. The smallest absolute Gasteiger partial charge is 0.261 e. The van der Waals surface area contributed by atoms with Crippen LogP contribution in [0.4, 0.5) is 0 Å². The summed E-state index contributed by atoms with van der Waals surface area (Å²) in [5.41, 5.74) is 0. The number of fused-ring (bicyclic) bond motifs is 1. The highest BCUT2D eigenvalue weighted by Gasteiger charge is 2.56. The van der Waals surface area contributed by atoms with Crippen LogP contribution >= 0.6 is 0 Å². The second kappa shape index (κ2) is 7.88. The SMILES string of the molecule is C[C@@H]1O[C@H](CO[Si](c2ccccc2)(c2ccccc2)C(C)(C)C)[C@H]2OC(C)(C)O[C@H]21. The van der Waals surface area contributed by atoms with Gasteiger partial charge in [-0.2, -0.15) is 0 Å². The molecule has 4 rings (SSSR count). The minimum atomic E-state index is -2.59. The van der Waals surface area contributed by atoms with Gasteiger partial charge in [-0.1, -0.05) is 81.4 Å². The summed E-state index contributed by atoms with van der Waals surface area (Å²) in [5, 5.41) is 2.48. The number of rotatable bonds is 5. The fourth-order valence-electron chi connectivity index (χ4n) is 5.00. The van der Waals surface area contributed by atoms with Gasteiger partial charge in [0.05, 0.1) is 12.7 Å². The Labute approximate surface area is 181 Å². The highest BCUT2D eigenvalue weighted by Crippen LogP contribution is 2.41. The Hall–Kier alpha value is -1.50. The van der Waals surface area contributed by atoms with Crippen molar-refractivity contribution in [3.05, 3.63) is 60.7 Å². The van der Waals surface area contributed by atoms with Crippen molar-refractivity contribution in [3.8, 4) is 0 Å². The molecule has 0 bridgehead atoms. The molecule has 0 spiro atoms. The van der Waals surface area contributed by atoms with Crippen LogP contribution in [0.5, 0.6) is 0 Å². The molecule has 0 saturated carbocycles. The van der Waals surface area contributed by atoms with Gasteiger partial charge in [0.2, 0.25) is 0 Å². The fraction of sp³-hybridized carbons (Fsp3) is 0.520. The summed E-state index contributed by atoms with van der Waals surface area (Å²) in [6.07, 6.45) is -0.307. The minimum absolute atomic E-state index is 0.00970. The molecule has 5 heteroatoms. The van der Waals surface area contributed by atoms with Crippen molar-refractivity contribution in [1.29, 1.82) is 0 Å². The van der Waals surface area contributed by atoms with Gasteiger partial charge < -0.3 is 18.6 Å². The third-order valence-electron chi connectivity index (χ3n) is 6.26. The van der Waals surface area contributed by atoms with Gasteiger partial charge in [0, 0.05) is 0 Å². The van der Waals surface area contributed by atoms with Crippen molar-refractivity contribution < 1.29 is 18.6 Å². The van der Waals surface area contributed by atoms with Crippen LogP contribution in [0.15, 0.2) is 60.7 Å². The Kier molecular flexibility index (Phi) is 5.70. The average Bonchev–Trinajstić information content (AvgIpc) is 3.17. The van der Waals surface area contributed by atoms with Crippen molar-refractivity contribution in [2.24, 2.45) is 0 Å². The van der Waals surface area contributed by atoms with Crippen LogP contribution in [0.2, 0.25) is 5.04 Å². The van der Waals surface area contributed by atoms with E-state index in [2.05, 4.69) is 88.4 Å². The molecule has 2 aliphatic heterocycles. The lowest BCUT2D eigenvalue weighted by Gasteiger charge is -2.43. The summed E-state index contributed by atoms with van der Waals surface area (Å²) < 4.78 is 25.6. The van der Waals surface area contributed by atoms with Gasteiger partial charge in [0.1, 0.15) is 18.3 Å². The summed E-state index contributed by atoms with van der Waals surface area (Å²) >= 11 is 0. The maximum atomic E-state index is 7.05. The van der Waals surface area contributed by atoms with Gasteiger partial charge in [-0.25, -0.2) is 0 Å². The van der Waals surface area contributed by atoms with E-state index >= 15 is 0 Å². The van der Waals surface area contributed by atoms with Gasteiger partial charge in [-0.05, 0) is 36.2 Å². The van der Waals surface area contributed by atoms with Crippen molar-refractivity contribution >= 4 is 18.7 Å². The first-order chi connectivity index (χ1) is 14.1. The monoisotopic (exact) mass is 426 g/mol. The van der Waals surface area contributed by atoms with Crippen LogP contribution < -0.4 is 10.4 Å². The maximum absolute atomic E-state index is 7.05. The Morgan fingerprint density at radius 1 is 0.867 bits per heavy atom. The van der Waals surface area contributed by atoms with E-state index in [1.54, 1.807) is 0 Å². The number of ether oxygens (including phenoxy) is 3. The molecule has 2 aliphatic rings. The van der Waals surface area contributed by atoms with Gasteiger partial charge in [0.15, 0.2) is 5.79 Å². The Morgan fingerprint density at radius 3 is 1.87 bits per heavy atom.